The summed E-state index contributed by atoms with van der Waals surface area (Å²) in [5.41, 5.74) is 0.859. The molecule has 4 rings (SSSR count). The number of aromatic nitrogens is 4. The molecule has 168 valence electrons. The average molecular weight is 504 g/mol. The van der Waals surface area contributed by atoms with E-state index in [4.69, 9.17) is 11.6 Å². The van der Waals surface area contributed by atoms with E-state index in [1.54, 1.807) is 18.2 Å². The van der Waals surface area contributed by atoms with E-state index in [1.165, 1.54) is 41.4 Å². The second-order valence-corrected chi connectivity index (χ2v) is 10.0. The number of carbonyl (C=O) groups is 1. The van der Waals surface area contributed by atoms with Gasteiger partial charge in [0.25, 0.3) is 15.6 Å². The Kier molecular flexibility index (Phi) is 6.09. The molecule has 0 radical (unpaired) electrons. The van der Waals surface area contributed by atoms with Gasteiger partial charge < -0.3 is 5.32 Å². The minimum atomic E-state index is -4.08. The van der Waals surface area contributed by atoms with E-state index in [1.807, 2.05) is 4.72 Å². The monoisotopic (exact) mass is 503 g/mol. The highest BCUT2D eigenvalue weighted by atomic mass is 35.5. The molecule has 0 fully saturated rings. The minimum absolute atomic E-state index is 0.0300. The van der Waals surface area contributed by atoms with Crippen molar-refractivity contribution in [1.29, 1.82) is 0 Å². The van der Waals surface area contributed by atoms with Gasteiger partial charge in [0, 0.05) is 5.69 Å². The minimum Gasteiger partial charge on any atom is -0.362 e. The smallest absolute Gasteiger partial charge is 0.334 e. The van der Waals surface area contributed by atoms with E-state index in [-0.39, 0.29) is 25.7 Å². The number of nitrogens with zero attached hydrogens (tertiary/aromatic N) is 4. The van der Waals surface area contributed by atoms with Gasteiger partial charge in [0.2, 0.25) is 0 Å². The van der Waals surface area contributed by atoms with E-state index in [9.17, 15) is 18.0 Å². The van der Waals surface area contributed by atoms with Crippen LogP contribution in [0.25, 0.3) is 16.7 Å². The Morgan fingerprint density at radius 1 is 1.15 bits per heavy atom. The Hall–Kier alpha value is -3.81. The molecule has 3 aromatic heterocycles. The molecule has 3 heterocycles. The molecule has 0 aliphatic heterocycles. The lowest BCUT2D eigenvalue weighted by Crippen LogP contribution is -2.34. The van der Waals surface area contributed by atoms with Gasteiger partial charge in [-0.25, -0.2) is 27.5 Å². The first-order valence-corrected chi connectivity index (χ1v) is 11.8. The number of sulfonamides is 1. The highest BCUT2D eigenvalue weighted by Crippen LogP contribution is 2.25. The van der Waals surface area contributed by atoms with Crippen LogP contribution in [0.2, 0.25) is 4.34 Å². The topological polar surface area (TPSA) is 148 Å². The van der Waals surface area contributed by atoms with E-state index in [2.05, 4.69) is 32.4 Å². The molecular weight excluding hydrogens is 490 g/mol. The van der Waals surface area contributed by atoms with E-state index in [0.717, 1.165) is 17.0 Å². The van der Waals surface area contributed by atoms with Gasteiger partial charge in [-0.3, -0.25) is 10.1 Å². The summed E-state index contributed by atoms with van der Waals surface area (Å²) < 4.78 is 27.6. The third-order valence-corrected chi connectivity index (χ3v) is 7.26. The highest BCUT2D eigenvalue weighted by Gasteiger charge is 2.20. The van der Waals surface area contributed by atoms with Crippen molar-refractivity contribution >= 4 is 61.4 Å². The number of thiophene rings is 1. The average Bonchev–Trinajstić information content (AvgIpc) is 3.22. The second-order valence-electron chi connectivity index (χ2n) is 6.40. The number of anilines is 2. The van der Waals surface area contributed by atoms with Crippen molar-refractivity contribution in [3.05, 3.63) is 76.3 Å². The molecule has 0 saturated carbocycles. The number of hydrogen-bond donors (Lipinski definition) is 3. The fourth-order valence-corrected chi connectivity index (χ4v) is 5.16. The normalized spacial score (nSPS) is 11.2. The molecule has 0 aliphatic carbocycles. The molecule has 1 aromatic carbocycles. The maximum atomic E-state index is 12.8. The van der Waals surface area contributed by atoms with Gasteiger partial charge in [0.15, 0.2) is 11.6 Å². The molecule has 33 heavy (non-hydrogen) atoms. The van der Waals surface area contributed by atoms with Gasteiger partial charge >= 0.3 is 6.03 Å². The molecule has 0 unspecified atom stereocenters. The molecule has 11 nitrogen and oxygen atoms in total. The summed E-state index contributed by atoms with van der Waals surface area (Å²) in [7, 11) is -4.08. The summed E-state index contributed by atoms with van der Waals surface area (Å²) in [6.45, 7) is 3.59. The molecule has 3 N–H and O–H groups in total. The summed E-state index contributed by atoms with van der Waals surface area (Å²) in [5.74, 6) is 0.132. The number of amides is 2. The van der Waals surface area contributed by atoms with Crippen molar-refractivity contribution in [2.75, 3.05) is 10.6 Å². The Bertz CT molecular complexity index is 1530. The Labute approximate surface area is 195 Å². The van der Waals surface area contributed by atoms with Gasteiger partial charge in [-0.2, -0.15) is 0 Å². The van der Waals surface area contributed by atoms with Crippen LogP contribution in [0.5, 0.6) is 0 Å². The number of urea groups is 1. The van der Waals surface area contributed by atoms with Crippen LogP contribution in [0.4, 0.5) is 16.3 Å². The summed E-state index contributed by atoms with van der Waals surface area (Å²) in [6, 6.07) is 9.50. The van der Waals surface area contributed by atoms with Crippen molar-refractivity contribution in [2.24, 2.45) is 0 Å². The van der Waals surface area contributed by atoms with Crippen LogP contribution in [0, 0.1) is 0 Å². The predicted molar refractivity (Wildman–Crippen MR) is 125 cm³/mol. The van der Waals surface area contributed by atoms with Crippen LogP contribution in [0.3, 0.4) is 0 Å². The molecule has 14 heteroatoms. The first kappa shape index (κ1) is 22.4. The summed E-state index contributed by atoms with van der Waals surface area (Å²) in [4.78, 5) is 29.1. The largest absolute Gasteiger partial charge is 0.362 e. The summed E-state index contributed by atoms with van der Waals surface area (Å²) in [5, 5.41) is 13.3. The first-order valence-electron chi connectivity index (χ1n) is 9.09. The number of fused-ring (bicyclic) bond motifs is 1. The fraction of sp³-hybridized carbons (Fsp3) is 0. The molecular formula is C19H14ClN7O4S2. The zero-order valence-corrected chi connectivity index (χ0v) is 18.9. The van der Waals surface area contributed by atoms with Crippen molar-refractivity contribution < 1.29 is 13.2 Å². The third kappa shape index (κ3) is 4.84. The van der Waals surface area contributed by atoms with Crippen LogP contribution >= 0.6 is 22.9 Å². The van der Waals surface area contributed by atoms with E-state index >= 15 is 0 Å². The number of carbonyl (C=O) groups excluding carboxylic acids is 1. The summed E-state index contributed by atoms with van der Waals surface area (Å²) in [6.07, 6.45) is 2.83. The zero-order chi connectivity index (χ0) is 23.6. The number of halogens is 1. The van der Waals surface area contributed by atoms with Crippen LogP contribution in [0.1, 0.15) is 0 Å². The van der Waals surface area contributed by atoms with Crippen molar-refractivity contribution in [1.82, 2.24) is 24.5 Å². The first-order chi connectivity index (χ1) is 15.8. The summed E-state index contributed by atoms with van der Waals surface area (Å²) >= 11 is 6.54. The van der Waals surface area contributed by atoms with E-state index < -0.39 is 16.1 Å². The molecule has 0 saturated heterocycles. The molecule has 0 atom stereocenters. The van der Waals surface area contributed by atoms with Crippen LogP contribution < -0.4 is 20.9 Å². The molecule has 2 amide bonds. The number of nitrogens with one attached hydrogen (secondary N) is 3. The van der Waals surface area contributed by atoms with Crippen LogP contribution in [0.15, 0.2) is 70.6 Å². The number of hydrogen-bond acceptors (Lipinski definition) is 9. The highest BCUT2D eigenvalue weighted by molar-refractivity contribution is 7.92. The van der Waals surface area contributed by atoms with Gasteiger partial charge in [-0.1, -0.05) is 18.2 Å². The number of rotatable bonds is 6. The Balaban J connectivity index is 1.51. The fourth-order valence-electron chi connectivity index (χ4n) is 2.77. The second kappa shape index (κ2) is 8.97. The van der Waals surface area contributed by atoms with Crippen molar-refractivity contribution in [3.63, 3.8) is 0 Å². The maximum Gasteiger partial charge on any atom is 0.334 e. The predicted octanol–water partition coefficient (Wildman–Crippen LogP) is 2.96. The van der Waals surface area contributed by atoms with Crippen molar-refractivity contribution in [2.45, 2.75) is 4.21 Å². The molecule has 0 bridgehead atoms. The lowest BCUT2D eigenvalue weighted by Gasteiger charge is -2.08. The van der Waals surface area contributed by atoms with Gasteiger partial charge in [0.05, 0.1) is 15.2 Å². The van der Waals surface area contributed by atoms with Crippen LogP contribution in [-0.4, -0.2) is 34.2 Å². The van der Waals surface area contributed by atoms with Crippen molar-refractivity contribution in [3.8, 4) is 5.82 Å². The zero-order valence-electron chi connectivity index (χ0n) is 16.5. The standard InChI is InChI=1S/C19H14ClN7O4S2/c1-2-21-11-3-4-12-13(9-11)22-10-27(18(12)28)16-7-6-15(24-25-16)23-19(29)26-33(30,31)17-8-5-14(20)32-17/h2-10,21H,1H2,(H2,23,24,26,29). The Morgan fingerprint density at radius 3 is 2.64 bits per heavy atom. The van der Waals surface area contributed by atoms with Crippen LogP contribution in [-0.2, 0) is 10.0 Å². The molecule has 0 aliphatic rings. The van der Waals surface area contributed by atoms with Gasteiger partial charge in [-0.15, -0.1) is 21.5 Å². The molecule has 0 spiro atoms. The lowest BCUT2D eigenvalue weighted by atomic mass is 10.2. The SMILES string of the molecule is C=CNc1ccc2c(=O)n(-c3ccc(NC(=O)NS(=O)(=O)c4ccc(Cl)s4)nn3)cnc2c1. The number of benzene rings is 1. The van der Waals surface area contributed by atoms with Gasteiger partial charge in [0.1, 0.15) is 10.5 Å². The van der Waals surface area contributed by atoms with Gasteiger partial charge in [-0.05, 0) is 48.7 Å². The van der Waals surface area contributed by atoms with E-state index in [0.29, 0.717) is 10.9 Å². The lowest BCUT2D eigenvalue weighted by molar-refractivity contribution is 0.256. The quantitative estimate of drug-likeness (QED) is 0.363. The molecule has 4 aromatic rings. The Morgan fingerprint density at radius 2 is 1.97 bits per heavy atom. The maximum absolute atomic E-state index is 12.8. The third-order valence-electron chi connectivity index (χ3n) is 4.21.